The molecule has 0 aliphatic rings. The van der Waals surface area contributed by atoms with E-state index in [9.17, 15) is 12.8 Å². The maximum absolute atomic E-state index is 15.0. The lowest BCUT2D eigenvalue weighted by atomic mass is 10.1. The van der Waals surface area contributed by atoms with Gasteiger partial charge >= 0.3 is 0 Å². The Morgan fingerprint density at radius 2 is 1.85 bits per heavy atom. The van der Waals surface area contributed by atoms with Crippen molar-refractivity contribution in [2.45, 2.75) is 25.3 Å². The van der Waals surface area contributed by atoms with Crippen molar-refractivity contribution in [1.82, 2.24) is 19.9 Å². The monoisotopic (exact) mass is 587 g/mol. The van der Waals surface area contributed by atoms with Gasteiger partial charge in [-0.1, -0.05) is 0 Å². The van der Waals surface area contributed by atoms with E-state index in [1.165, 1.54) is 25.4 Å². The lowest BCUT2D eigenvalue weighted by molar-refractivity contribution is 0.120. The molecule has 0 saturated heterocycles. The predicted molar refractivity (Wildman–Crippen MR) is 153 cm³/mol. The molecule has 2 N–H and O–H groups in total. The number of ether oxygens (including phenoxy) is 4. The molecular formula is C28H34FN5O6S. The topological polar surface area (TPSA) is 128 Å². The minimum absolute atomic E-state index is 0.0330. The second-order valence-corrected chi connectivity index (χ2v) is 10.9. The van der Waals surface area contributed by atoms with Crippen LogP contribution in [0.15, 0.2) is 53.8 Å². The quantitative estimate of drug-likeness (QED) is 0.190. The van der Waals surface area contributed by atoms with E-state index in [-0.39, 0.29) is 16.5 Å². The molecule has 2 heterocycles. The number of hydrogen-bond donors (Lipinski definition) is 2. The summed E-state index contributed by atoms with van der Waals surface area (Å²) in [6.45, 7) is 7.20. The highest BCUT2D eigenvalue weighted by atomic mass is 32.2. The second-order valence-electron chi connectivity index (χ2n) is 9.22. The Labute approximate surface area is 238 Å². The minimum Gasteiger partial charge on any atom is -0.493 e. The minimum atomic E-state index is -3.96. The normalized spacial score (nSPS) is 11.7. The number of anilines is 1. The number of H-pyrrole nitrogens is 1. The van der Waals surface area contributed by atoms with Crippen LogP contribution in [-0.4, -0.2) is 75.3 Å². The number of nitrogens with one attached hydrogen (secondary N) is 2. The predicted octanol–water partition coefficient (Wildman–Crippen LogP) is 4.74. The smallest absolute Gasteiger partial charge is 0.278 e. The molecule has 2 aromatic carbocycles. The highest BCUT2D eigenvalue weighted by Gasteiger charge is 2.19. The Bertz CT molecular complexity index is 1580. The van der Waals surface area contributed by atoms with Crippen LogP contribution >= 0.6 is 0 Å². The summed E-state index contributed by atoms with van der Waals surface area (Å²) >= 11 is 0. The fourth-order valence-electron chi connectivity index (χ4n) is 3.99. The summed E-state index contributed by atoms with van der Waals surface area (Å²) < 4.78 is 65.2. The number of likely N-dealkylation sites (N-methyl/N-ethyl adjacent to an activating group) is 1. The summed E-state index contributed by atoms with van der Waals surface area (Å²) in [5, 5.41) is 0.465. The van der Waals surface area contributed by atoms with Crippen molar-refractivity contribution >= 4 is 26.6 Å². The lowest BCUT2D eigenvalue weighted by Crippen LogP contribution is -2.25. The Morgan fingerprint density at radius 1 is 1.02 bits per heavy atom. The molecule has 41 heavy (non-hydrogen) atoms. The average molecular weight is 588 g/mol. The van der Waals surface area contributed by atoms with Crippen molar-refractivity contribution in [3.63, 3.8) is 0 Å². The van der Waals surface area contributed by atoms with Gasteiger partial charge in [-0.3, -0.25) is 9.71 Å². The third kappa shape index (κ3) is 7.84. The van der Waals surface area contributed by atoms with Crippen LogP contribution in [0.5, 0.6) is 23.0 Å². The zero-order chi connectivity index (χ0) is 29.4. The average Bonchev–Trinajstić information content (AvgIpc) is 3.39. The van der Waals surface area contributed by atoms with Gasteiger partial charge in [0, 0.05) is 43.4 Å². The number of aromatic nitrogens is 3. The summed E-state index contributed by atoms with van der Waals surface area (Å²) in [6, 6.07) is 8.89. The molecular weight excluding hydrogens is 553 g/mol. The highest BCUT2D eigenvalue weighted by molar-refractivity contribution is 7.92. The second kappa shape index (κ2) is 13.6. The number of imidazole rings is 1. The van der Waals surface area contributed by atoms with E-state index in [2.05, 4.69) is 24.6 Å². The number of aromatic amines is 1. The van der Waals surface area contributed by atoms with E-state index in [0.29, 0.717) is 53.8 Å². The van der Waals surface area contributed by atoms with Gasteiger partial charge in [0.2, 0.25) is 0 Å². The van der Waals surface area contributed by atoms with E-state index in [1.807, 2.05) is 14.0 Å². The van der Waals surface area contributed by atoms with Gasteiger partial charge in [-0.25, -0.2) is 9.37 Å². The molecule has 0 unspecified atom stereocenters. The van der Waals surface area contributed by atoms with Crippen LogP contribution < -0.4 is 18.9 Å². The Hall–Kier alpha value is -3.94. The molecule has 0 bridgehead atoms. The van der Waals surface area contributed by atoms with Gasteiger partial charge in [-0.15, -0.1) is 0 Å². The first-order chi connectivity index (χ1) is 19.7. The van der Waals surface area contributed by atoms with Crippen molar-refractivity contribution in [2.75, 3.05) is 51.8 Å². The summed E-state index contributed by atoms with van der Waals surface area (Å²) in [7, 11) is -0.379. The highest BCUT2D eigenvalue weighted by Crippen LogP contribution is 2.38. The molecule has 0 saturated carbocycles. The third-order valence-electron chi connectivity index (χ3n) is 6.12. The fourth-order valence-corrected chi connectivity index (χ4v) is 5.01. The van der Waals surface area contributed by atoms with Crippen LogP contribution in [0.2, 0.25) is 0 Å². The van der Waals surface area contributed by atoms with Crippen molar-refractivity contribution in [1.29, 1.82) is 0 Å². The van der Waals surface area contributed by atoms with E-state index in [1.54, 1.807) is 31.3 Å². The van der Waals surface area contributed by atoms with E-state index < -0.39 is 15.8 Å². The molecule has 0 radical (unpaired) electrons. The van der Waals surface area contributed by atoms with Crippen molar-refractivity contribution in [3.05, 3.63) is 60.4 Å². The van der Waals surface area contributed by atoms with E-state index in [0.717, 1.165) is 25.6 Å². The molecule has 0 atom stereocenters. The number of methoxy groups -OCH3 is 1. The lowest BCUT2D eigenvalue weighted by Gasteiger charge is -2.17. The maximum Gasteiger partial charge on any atom is 0.278 e. The molecule has 0 amide bonds. The first kappa shape index (κ1) is 30.0. The molecule has 0 aliphatic heterocycles. The number of pyridine rings is 1. The van der Waals surface area contributed by atoms with Gasteiger partial charge in [0.25, 0.3) is 10.0 Å². The molecule has 4 aromatic rings. The SMILES string of the molecule is CCOCCN(C)CCCOc1cc2nccc(Oc3ccc(NS(=O)(=O)c4cnc(C)[nH]4)cc3F)c2cc1OC. The summed E-state index contributed by atoms with van der Waals surface area (Å²) in [4.78, 5) is 13.1. The molecule has 2 aromatic heterocycles. The third-order valence-corrected chi connectivity index (χ3v) is 7.41. The van der Waals surface area contributed by atoms with Crippen LogP contribution in [0, 0.1) is 12.7 Å². The molecule has 13 heteroatoms. The number of sulfonamides is 1. The number of rotatable bonds is 15. The van der Waals surface area contributed by atoms with Crippen molar-refractivity contribution in [3.8, 4) is 23.0 Å². The zero-order valence-corrected chi connectivity index (χ0v) is 24.3. The van der Waals surface area contributed by atoms with Crippen LogP contribution in [0.1, 0.15) is 19.2 Å². The Balaban J connectivity index is 1.45. The number of nitrogens with zero attached hydrogens (tertiary/aromatic N) is 3. The number of halogens is 1. The van der Waals surface area contributed by atoms with Gasteiger partial charge in [0.05, 0.1) is 37.7 Å². The van der Waals surface area contributed by atoms with Crippen LogP contribution in [0.25, 0.3) is 10.9 Å². The number of aryl methyl sites for hydroxylation is 1. The van der Waals surface area contributed by atoms with Gasteiger partial charge in [-0.2, -0.15) is 8.42 Å². The maximum atomic E-state index is 15.0. The van der Waals surface area contributed by atoms with Gasteiger partial charge in [0.1, 0.15) is 11.6 Å². The Kier molecular flexibility index (Phi) is 9.97. The molecule has 4 rings (SSSR count). The first-order valence-corrected chi connectivity index (χ1v) is 14.6. The molecule has 0 fully saturated rings. The van der Waals surface area contributed by atoms with Crippen LogP contribution in [-0.2, 0) is 14.8 Å². The van der Waals surface area contributed by atoms with E-state index in [4.69, 9.17) is 18.9 Å². The molecule has 11 nitrogen and oxygen atoms in total. The van der Waals surface area contributed by atoms with Gasteiger partial charge in [0.15, 0.2) is 28.1 Å². The zero-order valence-electron chi connectivity index (χ0n) is 23.4. The van der Waals surface area contributed by atoms with Gasteiger partial charge < -0.3 is 28.8 Å². The number of fused-ring (bicyclic) bond motifs is 1. The van der Waals surface area contributed by atoms with E-state index >= 15 is 0 Å². The summed E-state index contributed by atoms with van der Waals surface area (Å²) in [5.41, 5.74) is 0.609. The van der Waals surface area contributed by atoms with Crippen molar-refractivity contribution in [2.24, 2.45) is 0 Å². The molecule has 0 aliphatic carbocycles. The molecule has 0 spiro atoms. The number of benzene rings is 2. The molecule has 220 valence electrons. The van der Waals surface area contributed by atoms with Crippen LogP contribution in [0.3, 0.4) is 0 Å². The fraction of sp³-hybridized carbons (Fsp3) is 0.357. The largest absolute Gasteiger partial charge is 0.493 e. The first-order valence-electron chi connectivity index (χ1n) is 13.1. The van der Waals surface area contributed by atoms with Crippen molar-refractivity contribution < 1.29 is 31.8 Å². The summed E-state index contributed by atoms with van der Waals surface area (Å²) in [5.74, 6) is 0.962. The van der Waals surface area contributed by atoms with Crippen LogP contribution in [0.4, 0.5) is 10.1 Å². The summed E-state index contributed by atoms with van der Waals surface area (Å²) in [6.07, 6.45) is 3.55. The Morgan fingerprint density at radius 3 is 2.56 bits per heavy atom. The standard InChI is InChI=1S/C28H34FN5O6S/c1-5-38-14-12-34(3)11-6-13-39-27-17-23-21(16-26(27)37-4)24(9-10-30-23)40-25-8-7-20(15-22(25)29)33-41(35,36)28-18-31-19(2)32-28/h7-10,15-18,33H,5-6,11-14H2,1-4H3,(H,31,32). The number of hydrogen-bond acceptors (Lipinski definition) is 9. The van der Waals surface area contributed by atoms with Gasteiger partial charge in [-0.05, 0) is 51.6 Å².